The molecule has 6 N–H and O–H groups in total. The van der Waals surface area contributed by atoms with Crippen molar-refractivity contribution in [3.8, 4) is 0 Å². The Balaban J connectivity index is 1.96. The first-order valence-corrected chi connectivity index (χ1v) is 7.51. The Morgan fingerprint density at radius 2 is 1.15 bits per heavy atom. The fourth-order valence-electron chi connectivity index (χ4n) is 2.86. The summed E-state index contributed by atoms with van der Waals surface area (Å²) in [6.07, 6.45) is 0.222. The highest BCUT2D eigenvalue weighted by Gasteiger charge is 2.42. The lowest BCUT2D eigenvalue weighted by molar-refractivity contribution is 0.0313. The molecule has 2 heterocycles. The van der Waals surface area contributed by atoms with Gasteiger partial charge in [0, 0.05) is 36.0 Å². The summed E-state index contributed by atoms with van der Waals surface area (Å²) in [5, 5.41) is 33.1. The number of hydrogen-bond acceptors (Lipinski definition) is 6. The maximum absolute atomic E-state index is 9.48. The summed E-state index contributed by atoms with van der Waals surface area (Å²) in [5.41, 5.74) is -0.377. The van der Waals surface area contributed by atoms with E-state index >= 15 is 0 Å². The highest BCUT2D eigenvalue weighted by atomic mass is 16.3. The van der Waals surface area contributed by atoms with Crippen molar-refractivity contribution in [2.45, 2.75) is 52.1 Å². The molecule has 0 spiro atoms. The molecular formula is C14H30N4O2. The van der Waals surface area contributed by atoms with Crippen LogP contribution in [0, 0.1) is 10.8 Å². The van der Waals surface area contributed by atoms with Crippen molar-refractivity contribution >= 4 is 0 Å². The maximum Gasteiger partial charge on any atom is 0.0650 e. The van der Waals surface area contributed by atoms with Crippen molar-refractivity contribution in [1.29, 1.82) is 0 Å². The molecule has 2 saturated heterocycles. The first-order chi connectivity index (χ1) is 9.30. The molecule has 0 aromatic carbocycles. The molecule has 6 heteroatoms. The third-order valence-corrected chi connectivity index (χ3v) is 4.71. The minimum atomic E-state index is -0.188. The van der Waals surface area contributed by atoms with Gasteiger partial charge in [-0.1, -0.05) is 27.7 Å². The molecular weight excluding hydrogens is 256 g/mol. The van der Waals surface area contributed by atoms with Crippen LogP contribution in [0.1, 0.15) is 27.7 Å². The predicted octanol–water partition coefficient (Wildman–Crippen LogP) is -1.20. The smallest absolute Gasteiger partial charge is 0.0650 e. The minimum absolute atomic E-state index is 0.111. The third-order valence-electron chi connectivity index (χ3n) is 4.71. The molecule has 0 aliphatic carbocycles. The van der Waals surface area contributed by atoms with Crippen molar-refractivity contribution in [2.24, 2.45) is 10.8 Å². The molecule has 0 bridgehead atoms. The molecule has 0 saturated carbocycles. The Hall–Kier alpha value is -0.240. The van der Waals surface area contributed by atoms with Crippen LogP contribution in [0.2, 0.25) is 0 Å². The average molecular weight is 286 g/mol. The molecule has 2 unspecified atom stereocenters. The Labute approximate surface area is 121 Å². The van der Waals surface area contributed by atoms with E-state index < -0.39 is 0 Å². The largest absolute Gasteiger partial charge is 0.396 e. The van der Waals surface area contributed by atoms with Crippen molar-refractivity contribution in [1.82, 2.24) is 21.3 Å². The standard InChI is InChI=1S/C14H30N4O2/c1-13(2,7-19)11-15-5-10-9(17-11)6-16-12(18-10)14(3,4)8-20/h9-12,15-20H,5-8H2,1-4H3/t9-,10-,11?,12?/m0/s1. The quantitative estimate of drug-likeness (QED) is 0.389. The van der Waals surface area contributed by atoms with Crippen LogP contribution < -0.4 is 21.3 Å². The number of aliphatic hydroxyl groups excluding tert-OH is 2. The van der Waals surface area contributed by atoms with E-state index in [-0.39, 0.29) is 36.4 Å². The summed E-state index contributed by atoms with van der Waals surface area (Å²) in [7, 11) is 0. The minimum Gasteiger partial charge on any atom is -0.396 e. The zero-order chi connectivity index (χ0) is 15.0. The highest BCUT2D eigenvalue weighted by Crippen LogP contribution is 2.24. The summed E-state index contributed by atoms with van der Waals surface area (Å²) >= 11 is 0. The van der Waals surface area contributed by atoms with Gasteiger partial charge in [-0.2, -0.15) is 0 Å². The molecule has 0 aromatic heterocycles. The number of rotatable bonds is 4. The number of fused-ring (bicyclic) bond motifs is 1. The van der Waals surface area contributed by atoms with Gasteiger partial charge in [0.1, 0.15) is 0 Å². The molecule has 2 fully saturated rings. The Bertz CT molecular complexity index is 303. The molecule has 0 radical (unpaired) electrons. The van der Waals surface area contributed by atoms with Gasteiger partial charge in [-0.3, -0.25) is 21.3 Å². The van der Waals surface area contributed by atoms with Crippen LogP contribution in [0.3, 0.4) is 0 Å². The lowest BCUT2D eigenvalue weighted by Crippen LogP contribution is -2.77. The molecule has 2 aliphatic rings. The SMILES string of the molecule is CC(C)(CO)C1NC[C@@H]2NC(C(C)(C)CO)NC[C@@H]2N1. The molecule has 4 atom stereocenters. The molecule has 6 nitrogen and oxygen atoms in total. The second kappa shape index (κ2) is 5.87. The van der Waals surface area contributed by atoms with Crippen LogP contribution in [0.15, 0.2) is 0 Å². The van der Waals surface area contributed by atoms with Gasteiger partial charge < -0.3 is 10.2 Å². The van der Waals surface area contributed by atoms with Crippen LogP contribution >= 0.6 is 0 Å². The Morgan fingerprint density at radius 1 is 0.800 bits per heavy atom. The highest BCUT2D eigenvalue weighted by molar-refractivity contribution is 5.02. The van der Waals surface area contributed by atoms with E-state index in [1.807, 2.05) is 0 Å². The maximum atomic E-state index is 9.48. The fraction of sp³-hybridized carbons (Fsp3) is 1.00. The summed E-state index contributed by atoms with van der Waals surface area (Å²) in [6, 6.07) is 0.663. The van der Waals surface area contributed by atoms with E-state index in [2.05, 4.69) is 49.0 Å². The number of aliphatic hydroxyl groups is 2. The van der Waals surface area contributed by atoms with Gasteiger partial charge in [0.05, 0.1) is 25.5 Å². The Morgan fingerprint density at radius 3 is 1.45 bits per heavy atom. The van der Waals surface area contributed by atoms with E-state index in [9.17, 15) is 10.2 Å². The van der Waals surface area contributed by atoms with Gasteiger partial charge >= 0.3 is 0 Å². The van der Waals surface area contributed by atoms with Crippen LogP contribution in [0.4, 0.5) is 0 Å². The molecule has 20 heavy (non-hydrogen) atoms. The van der Waals surface area contributed by atoms with E-state index in [0.29, 0.717) is 12.1 Å². The van der Waals surface area contributed by atoms with Crippen LogP contribution in [0.25, 0.3) is 0 Å². The van der Waals surface area contributed by atoms with Crippen LogP contribution in [0.5, 0.6) is 0 Å². The van der Waals surface area contributed by atoms with E-state index in [1.54, 1.807) is 0 Å². The van der Waals surface area contributed by atoms with Crippen molar-refractivity contribution in [3.63, 3.8) is 0 Å². The molecule has 118 valence electrons. The van der Waals surface area contributed by atoms with Gasteiger partial charge in [0.2, 0.25) is 0 Å². The number of nitrogens with one attached hydrogen (secondary N) is 4. The fourth-order valence-corrected chi connectivity index (χ4v) is 2.86. The van der Waals surface area contributed by atoms with E-state index in [1.165, 1.54) is 0 Å². The van der Waals surface area contributed by atoms with Gasteiger partial charge in [0.25, 0.3) is 0 Å². The molecule has 2 rings (SSSR count). The lowest BCUT2D eigenvalue weighted by Gasteiger charge is -2.50. The van der Waals surface area contributed by atoms with Crippen LogP contribution in [-0.2, 0) is 0 Å². The topological polar surface area (TPSA) is 88.6 Å². The monoisotopic (exact) mass is 286 g/mol. The van der Waals surface area contributed by atoms with E-state index in [4.69, 9.17) is 0 Å². The second-order valence-corrected chi connectivity index (χ2v) is 7.52. The molecule has 0 amide bonds. The van der Waals surface area contributed by atoms with Gasteiger partial charge in [-0.05, 0) is 0 Å². The van der Waals surface area contributed by atoms with Gasteiger partial charge in [-0.15, -0.1) is 0 Å². The predicted molar refractivity (Wildman–Crippen MR) is 79.2 cm³/mol. The normalized spacial score (nSPS) is 35.7. The second-order valence-electron chi connectivity index (χ2n) is 7.52. The molecule has 2 aliphatic heterocycles. The van der Waals surface area contributed by atoms with Gasteiger partial charge in [-0.25, -0.2) is 0 Å². The van der Waals surface area contributed by atoms with Crippen molar-refractivity contribution in [3.05, 3.63) is 0 Å². The Kier molecular flexibility index (Phi) is 4.73. The van der Waals surface area contributed by atoms with Crippen molar-refractivity contribution in [2.75, 3.05) is 26.3 Å². The summed E-state index contributed by atoms with van der Waals surface area (Å²) in [5.74, 6) is 0. The third kappa shape index (κ3) is 3.16. The van der Waals surface area contributed by atoms with Gasteiger partial charge in [0.15, 0.2) is 0 Å². The zero-order valence-electron chi connectivity index (χ0n) is 13.0. The summed E-state index contributed by atoms with van der Waals surface area (Å²) in [6.45, 7) is 10.3. The molecule has 0 aromatic rings. The van der Waals surface area contributed by atoms with E-state index in [0.717, 1.165) is 13.1 Å². The zero-order valence-corrected chi connectivity index (χ0v) is 13.0. The van der Waals surface area contributed by atoms with Crippen molar-refractivity contribution < 1.29 is 10.2 Å². The summed E-state index contributed by atoms with van der Waals surface area (Å²) in [4.78, 5) is 0. The number of hydrogen-bond donors (Lipinski definition) is 6. The average Bonchev–Trinajstić information content (AvgIpc) is 2.46. The first-order valence-electron chi connectivity index (χ1n) is 7.51. The van der Waals surface area contributed by atoms with Crippen LogP contribution in [-0.4, -0.2) is 60.9 Å². The lowest BCUT2D eigenvalue weighted by atomic mass is 9.84. The summed E-state index contributed by atoms with van der Waals surface area (Å²) < 4.78 is 0. The first kappa shape index (κ1) is 16.1.